The van der Waals surface area contributed by atoms with Gasteiger partial charge in [-0.15, -0.1) is 0 Å². The molecule has 33 heavy (non-hydrogen) atoms. The third kappa shape index (κ3) is 6.55. The Hall–Kier alpha value is -3.89. The Morgan fingerprint density at radius 1 is 0.939 bits per heavy atom. The number of benzene rings is 3. The predicted molar refractivity (Wildman–Crippen MR) is 121 cm³/mol. The Kier molecular flexibility index (Phi) is 7.31. The number of nitrogens with one attached hydrogen (secondary N) is 1. The van der Waals surface area contributed by atoms with Gasteiger partial charge < -0.3 is 19.5 Å². The van der Waals surface area contributed by atoms with Crippen LogP contribution in [0.15, 0.2) is 71.6 Å². The second-order valence-electron chi connectivity index (χ2n) is 6.97. The number of ether oxygens (including phenoxy) is 3. The van der Waals surface area contributed by atoms with E-state index in [2.05, 4.69) is 5.32 Å². The lowest BCUT2D eigenvalue weighted by molar-refractivity contribution is -0.119. The van der Waals surface area contributed by atoms with Crippen molar-refractivity contribution in [3.05, 3.63) is 77.9 Å². The van der Waals surface area contributed by atoms with Gasteiger partial charge in [-0.2, -0.15) is 0 Å². The highest BCUT2D eigenvalue weighted by molar-refractivity contribution is 7.89. The van der Waals surface area contributed by atoms with Crippen LogP contribution in [0.1, 0.15) is 15.9 Å². The van der Waals surface area contributed by atoms with Crippen LogP contribution in [-0.4, -0.2) is 34.0 Å². The fraction of sp³-hybridized carbons (Fsp3) is 0.130. The Morgan fingerprint density at radius 2 is 1.55 bits per heavy atom. The van der Waals surface area contributed by atoms with Crippen LogP contribution in [0.3, 0.4) is 0 Å². The van der Waals surface area contributed by atoms with Crippen LogP contribution in [0.2, 0.25) is 0 Å². The molecule has 0 aliphatic carbocycles. The second-order valence-corrected chi connectivity index (χ2v) is 8.50. The smallest absolute Gasteiger partial charge is 0.338 e. The molecule has 0 fully saturated rings. The molecule has 3 aromatic rings. The molecule has 1 amide bonds. The molecule has 0 heterocycles. The van der Waals surface area contributed by atoms with Crippen molar-refractivity contribution in [3.8, 4) is 17.2 Å². The van der Waals surface area contributed by atoms with Gasteiger partial charge in [0, 0.05) is 5.69 Å². The number of anilines is 1. The molecule has 0 saturated carbocycles. The van der Waals surface area contributed by atoms with E-state index < -0.39 is 28.5 Å². The topological polar surface area (TPSA) is 134 Å². The van der Waals surface area contributed by atoms with Crippen molar-refractivity contribution in [2.75, 3.05) is 19.0 Å². The van der Waals surface area contributed by atoms with E-state index >= 15 is 0 Å². The maximum atomic E-state index is 12.2. The minimum absolute atomic E-state index is 0.0124. The lowest BCUT2D eigenvalue weighted by Crippen LogP contribution is -2.21. The van der Waals surface area contributed by atoms with Crippen molar-refractivity contribution in [1.29, 1.82) is 0 Å². The van der Waals surface area contributed by atoms with Crippen molar-refractivity contribution < 1.29 is 32.2 Å². The van der Waals surface area contributed by atoms with Gasteiger partial charge in [0.25, 0.3) is 5.91 Å². The van der Waals surface area contributed by atoms with Crippen LogP contribution >= 0.6 is 0 Å². The summed E-state index contributed by atoms with van der Waals surface area (Å²) in [6.07, 6.45) is 0. The summed E-state index contributed by atoms with van der Waals surface area (Å²) in [5.41, 5.74) is 1.51. The number of esters is 1. The third-order valence-electron chi connectivity index (χ3n) is 4.43. The summed E-state index contributed by atoms with van der Waals surface area (Å²) in [5, 5.41) is 7.73. The zero-order valence-electron chi connectivity index (χ0n) is 17.9. The van der Waals surface area contributed by atoms with Crippen molar-refractivity contribution >= 4 is 27.6 Å². The zero-order chi connectivity index (χ0) is 24.0. The van der Waals surface area contributed by atoms with Crippen LogP contribution in [-0.2, 0) is 19.6 Å². The number of amides is 1. The average Bonchev–Trinajstić information content (AvgIpc) is 2.79. The average molecular weight is 471 g/mol. The summed E-state index contributed by atoms with van der Waals surface area (Å²) in [7, 11) is -2.85. The first-order valence-electron chi connectivity index (χ1n) is 9.68. The van der Waals surface area contributed by atoms with E-state index in [9.17, 15) is 18.0 Å². The van der Waals surface area contributed by atoms with Crippen molar-refractivity contribution in [3.63, 3.8) is 0 Å². The highest BCUT2D eigenvalue weighted by atomic mass is 32.2. The highest BCUT2D eigenvalue weighted by Crippen LogP contribution is 2.25. The van der Waals surface area contributed by atoms with Crippen molar-refractivity contribution in [1.82, 2.24) is 0 Å². The van der Waals surface area contributed by atoms with Gasteiger partial charge in [-0.1, -0.05) is 17.7 Å². The summed E-state index contributed by atoms with van der Waals surface area (Å²) in [4.78, 5) is 24.0. The molecule has 3 N–H and O–H groups in total. The Balaban J connectivity index is 1.56. The lowest BCUT2D eigenvalue weighted by Gasteiger charge is -2.10. The Bertz CT molecular complexity index is 1250. The van der Waals surface area contributed by atoms with Gasteiger partial charge in [0.2, 0.25) is 10.0 Å². The van der Waals surface area contributed by atoms with Gasteiger partial charge in [0.05, 0.1) is 12.7 Å². The summed E-state index contributed by atoms with van der Waals surface area (Å²) < 4.78 is 39.0. The molecule has 3 aromatic carbocycles. The first-order chi connectivity index (χ1) is 15.7. The van der Waals surface area contributed by atoms with E-state index in [1.54, 1.807) is 24.3 Å². The van der Waals surface area contributed by atoms with Crippen LogP contribution in [0.4, 0.5) is 5.69 Å². The summed E-state index contributed by atoms with van der Waals surface area (Å²) >= 11 is 0. The summed E-state index contributed by atoms with van der Waals surface area (Å²) in [6.45, 7) is 1.41. The van der Waals surface area contributed by atoms with Crippen LogP contribution in [0.5, 0.6) is 17.2 Å². The fourth-order valence-corrected chi connectivity index (χ4v) is 3.51. The summed E-state index contributed by atoms with van der Waals surface area (Å²) in [5.74, 6) is -0.196. The molecular formula is C23H22N2O7S. The van der Waals surface area contributed by atoms with E-state index in [4.69, 9.17) is 19.3 Å². The number of rotatable bonds is 8. The molecule has 0 unspecified atom stereocenters. The van der Waals surface area contributed by atoms with Gasteiger partial charge in [-0.05, 0) is 61.5 Å². The number of hydrogen-bond acceptors (Lipinski definition) is 7. The van der Waals surface area contributed by atoms with E-state index in [-0.39, 0.29) is 16.2 Å². The van der Waals surface area contributed by atoms with E-state index in [0.717, 1.165) is 11.6 Å². The van der Waals surface area contributed by atoms with Gasteiger partial charge in [-0.3, -0.25) is 4.79 Å². The molecule has 0 aliphatic rings. The second kappa shape index (κ2) is 10.2. The number of aryl methyl sites for hydroxylation is 1. The number of nitrogens with two attached hydrogens (primary N) is 1. The van der Waals surface area contributed by atoms with Gasteiger partial charge in [0.1, 0.15) is 22.1 Å². The van der Waals surface area contributed by atoms with Crippen molar-refractivity contribution in [2.24, 2.45) is 5.14 Å². The lowest BCUT2D eigenvalue weighted by atomic mass is 10.2. The minimum atomic E-state index is -4.12. The molecule has 0 aromatic heterocycles. The predicted octanol–water partition coefficient (Wildman–Crippen LogP) is 3.24. The molecule has 0 saturated heterocycles. The molecule has 0 radical (unpaired) electrons. The number of sulfonamides is 1. The number of primary sulfonamides is 1. The first kappa shape index (κ1) is 23.8. The normalized spacial score (nSPS) is 10.9. The zero-order valence-corrected chi connectivity index (χ0v) is 18.7. The highest BCUT2D eigenvalue weighted by Gasteiger charge is 2.19. The van der Waals surface area contributed by atoms with Gasteiger partial charge >= 0.3 is 5.97 Å². The Morgan fingerprint density at radius 3 is 2.12 bits per heavy atom. The molecular weight excluding hydrogens is 448 g/mol. The summed E-state index contributed by atoms with van der Waals surface area (Å²) in [6, 6.07) is 17.9. The molecule has 10 heteroatoms. The number of carbonyl (C=O) groups excluding carboxylic acids is 2. The monoisotopic (exact) mass is 470 g/mol. The molecule has 0 aliphatic heterocycles. The molecule has 3 rings (SSSR count). The first-order valence-corrected chi connectivity index (χ1v) is 11.2. The molecule has 0 bridgehead atoms. The number of hydrogen-bond donors (Lipinski definition) is 2. The maximum Gasteiger partial charge on any atom is 0.338 e. The van der Waals surface area contributed by atoms with Gasteiger partial charge in [0.15, 0.2) is 6.61 Å². The van der Waals surface area contributed by atoms with Crippen LogP contribution in [0.25, 0.3) is 0 Å². The third-order valence-corrected chi connectivity index (χ3v) is 5.37. The fourth-order valence-electron chi connectivity index (χ4n) is 2.79. The largest absolute Gasteiger partial charge is 0.495 e. The van der Waals surface area contributed by atoms with E-state index in [1.165, 1.54) is 19.2 Å². The van der Waals surface area contributed by atoms with Crippen LogP contribution < -0.4 is 19.9 Å². The number of carbonyl (C=O) groups is 2. The molecule has 0 atom stereocenters. The van der Waals surface area contributed by atoms with Crippen LogP contribution in [0, 0.1) is 6.92 Å². The minimum Gasteiger partial charge on any atom is -0.495 e. The standard InChI is InChI=1S/C23H22N2O7S/c1-15-3-8-18(9-4-15)32-19-10-6-17(7-11-19)25-22(26)14-31-23(27)16-5-12-20(30-2)21(13-16)33(24,28)29/h3-13H,14H2,1-2H3,(H,25,26)(H2,24,28,29). The maximum absolute atomic E-state index is 12.2. The number of methoxy groups -OCH3 is 1. The molecule has 0 spiro atoms. The molecule has 9 nitrogen and oxygen atoms in total. The SMILES string of the molecule is COc1ccc(C(=O)OCC(=O)Nc2ccc(Oc3ccc(C)cc3)cc2)cc1S(N)(=O)=O. The van der Waals surface area contributed by atoms with E-state index in [0.29, 0.717) is 17.2 Å². The van der Waals surface area contributed by atoms with Crippen molar-refractivity contribution in [2.45, 2.75) is 11.8 Å². The molecule has 172 valence electrons. The quantitative estimate of drug-likeness (QED) is 0.483. The van der Waals surface area contributed by atoms with Gasteiger partial charge in [-0.25, -0.2) is 18.4 Å². The van der Waals surface area contributed by atoms with E-state index in [1.807, 2.05) is 31.2 Å². The Labute approximate surface area is 191 Å².